The molecule has 1 aromatic heterocycles. The zero-order valence-corrected chi connectivity index (χ0v) is 29.4. The Balaban J connectivity index is 1.20. The van der Waals surface area contributed by atoms with Crippen molar-refractivity contribution in [3.05, 3.63) is 47.5 Å². The molecule has 2 heterocycles. The molecule has 4 fully saturated rings. The van der Waals surface area contributed by atoms with Gasteiger partial charge in [-0.05, 0) is 68.3 Å². The average molecular weight is 736 g/mol. The van der Waals surface area contributed by atoms with Crippen LogP contribution in [0, 0.1) is 17.7 Å². The fraction of sp³-hybridized carbons (Fsp3) is 0.639. The molecule has 0 bridgehead atoms. The van der Waals surface area contributed by atoms with Gasteiger partial charge in [0.2, 0.25) is 29.6 Å². The summed E-state index contributed by atoms with van der Waals surface area (Å²) < 4.78 is 73.2. The summed E-state index contributed by atoms with van der Waals surface area (Å²) in [4.78, 5) is 57.4. The van der Waals surface area contributed by atoms with Crippen molar-refractivity contribution in [2.45, 2.75) is 101 Å². The molecule has 0 unspecified atom stereocenters. The van der Waals surface area contributed by atoms with Gasteiger partial charge in [-0.1, -0.05) is 13.0 Å². The molecule has 4 aliphatic rings. The van der Waals surface area contributed by atoms with Gasteiger partial charge in [0.15, 0.2) is 0 Å². The normalized spacial score (nSPS) is 23.5. The lowest BCUT2D eigenvalue weighted by atomic mass is 9.81. The molecular formula is C36H46F5N7O4. The van der Waals surface area contributed by atoms with E-state index >= 15 is 4.39 Å². The van der Waals surface area contributed by atoms with Gasteiger partial charge in [0.25, 0.3) is 5.91 Å². The van der Waals surface area contributed by atoms with Gasteiger partial charge in [-0.3, -0.25) is 23.9 Å². The number of nitrogens with one attached hydrogen (secondary N) is 3. The minimum Gasteiger partial charge on any atom is -0.343 e. The molecule has 3 aliphatic carbocycles. The molecule has 6 rings (SSSR count). The number of piperazine rings is 1. The number of aromatic nitrogens is 2. The Morgan fingerprint density at radius 2 is 1.65 bits per heavy atom. The van der Waals surface area contributed by atoms with E-state index in [-0.39, 0.29) is 68.3 Å². The Hall–Kier alpha value is -4.08. The summed E-state index contributed by atoms with van der Waals surface area (Å²) in [5.41, 5.74) is -0.642. The lowest BCUT2D eigenvalue weighted by Gasteiger charge is -2.37. The van der Waals surface area contributed by atoms with Gasteiger partial charge in [0, 0.05) is 76.4 Å². The van der Waals surface area contributed by atoms with E-state index in [1.807, 2.05) is 7.05 Å². The van der Waals surface area contributed by atoms with E-state index in [2.05, 4.69) is 25.9 Å². The third kappa shape index (κ3) is 8.26. The second-order valence-corrected chi connectivity index (χ2v) is 15.0. The number of nitrogens with zero attached hydrogens (tertiary/aromatic N) is 4. The number of hydrogen-bond acceptors (Lipinski definition) is 6. The zero-order valence-electron chi connectivity index (χ0n) is 29.4. The summed E-state index contributed by atoms with van der Waals surface area (Å²) in [5, 5.41) is 12.0. The van der Waals surface area contributed by atoms with Crippen LogP contribution in [0.5, 0.6) is 0 Å². The maximum absolute atomic E-state index is 15.9. The van der Waals surface area contributed by atoms with Crippen LogP contribution in [0.25, 0.3) is 0 Å². The summed E-state index contributed by atoms with van der Waals surface area (Å²) >= 11 is 0. The summed E-state index contributed by atoms with van der Waals surface area (Å²) in [6.45, 7) is 4.09. The topological polar surface area (TPSA) is 129 Å². The largest absolute Gasteiger partial charge is 0.343 e. The van der Waals surface area contributed by atoms with Crippen LogP contribution in [0.2, 0.25) is 0 Å². The number of likely N-dealkylation sites (N-methyl/N-ethyl adjacent to an activating group) is 1. The molecule has 2 aromatic rings. The molecule has 4 amide bonds. The van der Waals surface area contributed by atoms with E-state index in [0.29, 0.717) is 44.6 Å². The Kier molecular flexibility index (Phi) is 10.7. The number of carbonyl (C=O) groups excluding carboxylic acids is 4. The van der Waals surface area contributed by atoms with Crippen LogP contribution in [-0.4, -0.2) is 100 Å². The molecule has 284 valence electrons. The van der Waals surface area contributed by atoms with Crippen LogP contribution < -0.4 is 16.0 Å². The van der Waals surface area contributed by atoms with E-state index in [0.717, 1.165) is 0 Å². The maximum atomic E-state index is 15.9. The van der Waals surface area contributed by atoms with Crippen LogP contribution in [0.1, 0.15) is 80.8 Å². The van der Waals surface area contributed by atoms with Crippen molar-refractivity contribution in [3.8, 4) is 0 Å². The number of amides is 4. The van der Waals surface area contributed by atoms with Gasteiger partial charge >= 0.3 is 0 Å². The van der Waals surface area contributed by atoms with Crippen molar-refractivity contribution in [2.75, 3.05) is 38.5 Å². The van der Waals surface area contributed by atoms with Crippen molar-refractivity contribution >= 4 is 29.3 Å². The van der Waals surface area contributed by atoms with Gasteiger partial charge in [0.05, 0.1) is 5.69 Å². The first-order valence-electron chi connectivity index (χ1n) is 18.1. The number of halogens is 5. The first-order valence-corrected chi connectivity index (χ1v) is 18.1. The van der Waals surface area contributed by atoms with Gasteiger partial charge in [-0.2, -0.15) is 5.10 Å². The third-order valence-corrected chi connectivity index (χ3v) is 11.1. The Labute approximate surface area is 299 Å². The molecule has 3 N–H and O–H groups in total. The lowest BCUT2D eigenvalue weighted by molar-refractivity contribution is -0.138. The summed E-state index contributed by atoms with van der Waals surface area (Å²) in [7, 11) is 1.96. The second-order valence-electron chi connectivity index (χ2n) is 15.0. The van der Waals surface area contributed by atoms with E-state index in [1.54, 1.807) is 17.9 Å². The molecule has 11 nitrogen and oxygen atoms in total. The fourth-order valence-electron chi connectivity index (χ4n) is 7.86. The molecule has 16 heteroatoms. The molecule has 3 saturated carbocycles. The summed E-state index contributed by atoms with van der Waals surface area (Å²) in [6, 6.07) is 3.10. The van der Waals surface area contributed by atoms with Gasteiger partial charge in [0.1, 0.15) is 23.6 Å². The van der Waals surface area contributed by atoms with E-state index in [9.17, 15) is 36.7 Å². The first kappa shape index (κ1) is 37.7. The van der Waals surface area contributed by atoms with Crippen LogP contribution in [-0.2, 0) is 26.3 Å². The standard InChI is InChI=1S/C36H46F5N7O4/c1-3-28(49)44-30(33(52)47-15-13-46(2)14-16-47)34(10-11-34)24-6-7-26(25(37)17-24)43-32(51)29(23-5-4-9-35(38,39)20-23)45-31(50)27-8-12-42-48(27)21-22-18-36(40,41)19-22/h6-8,12,17,22-23,29-30H,3-5,9-11,13-16,18-21H2,1-2H3,(H,43,51)(H,44,49)(H,45,50)/t23-,29-,30-/m0/s1. The quantitative estimate of drug-likeness (QED) is 0.279. The van der Waals surface area contributed by atoms with Crippen LogP contribution in [0.4, 0.5) is 27.6 Å². The lowest BCUT2D eigenvalue weighted by Crippen LogP contribution is -2.58. The predicted octanol–water partition coefficient (Wildman–Crippen LogP) is 4.33. The molecule has 0 radical (unpaired) electrons. The van der Waals surface area contributed by atoms with Crippen LogP contribution >= 0.6 is 0 Å². The number of alkyl halides is 4. The summed E-state index contributed by atoms with van der Waals surface area (Å²) in [6.07, 6.45) is 1.12. The van der Waals surface area contributed by atoms with E-state index in [1.165, 1.54) is 29.1 Å². The van der Waals surface area contributed by atoms with Crippen molar-refractivity contribution < 1.29 is 41.1 Å². The van der Waals surface area contributed by atoms with Crippen molar-refractivity contribution in [3.63, 3.8) is 0 Å². The maximum Gasteiger partial charge on any atom is 0.270 e. The number of carbonyl (C=O) groups is 4. The van der Waals surface area contributed by atoms with Gasteiger partial charge < -0.3 is 25.8 Å². The molecule has 0 spiro atoms. The molecule has 1 saturated heterocycles. The Morgan fingerprint density at radius 1 is 0.942 bits per heavy atom. The monoisotopic (exact) mass is 735 g/mol. The van der Waals surface area contributed by atoms with Crippen LogP contribution in [0.3, 0.4) is 0 Å². The van der Waals surface area contributed by atoms with E-state index in [4.69, 9.17) is 0 Å². The highest BCUT2D eigenvalue weighted by molar-refractivity contribution is 6.01. The van der Waals surface area contributed by atoms with Crippen molar-refractivity contribution in [2.24, 2.45) is 11.8 Å². The molecule has 52 heavy (non-hydrogen) atoms. The molecule has 1 aromatic carbocycles. The smallest absolute Gasteiger partial charge is 0.270 e. The molecule has 1 aliphatic heterocycles. The second kappa shape index (κ2) is 14.7. The highest BCUT2D eigenvalue weighted by atomic mass is 19.3. The SMILES string of the molecule is CCC(=O)N[C@@H](C(=O)N1CCN(C)CC1)C1(c2ccc(NC(=O)[C@@H](NC(=O)c3ccnn3CC3CC(F)(F)C3)[C@H]3CCCC(F)(F)C3)c(F)c2)CC1. The predicted molar refractivity (Wildman–Crippen MR) is 180 cm³/mol. The first-order chi connectivity index (χ1) is 24.6. The van der Waals surface area contributed by atoms with Crippen molar-refractivity contribution in [1.82, 2.24) is 30.2 Å². The third-order valence-electron chi connectivity index (χ3n) is 11.1. The Bertz CT molecular complexity index is 1670. The highest BCUT2D eigenvalue weighted by Crippen LogP contribution is 2.52. The van der Waals surface area contributed by atoms with E-state index < -0.39 is 65.2 Å². The average Bonchev–Trinajstić information content (AvgIpc) is 3.75. The minimum atomic E-state index is -3.07. The number of rotatable bonds is 12. The number of anilines is 1. The number of benzene rings is 1. The van der Waals surface area contributed by atoms with Crippen molar-refractivity contribution in [1.29, 1.82) is 0 Å². The molecule has 3 atom stereocenters. The summed E-state index contributed by atoms with van der Waals surface area (Å²) in [5.74, 6) is -10.3. The highest BCUT2D eigenvalue weighted by Gasteiger charge is 2.55. The number of hydrogen-bond donors (Lipinski definition) is 3. The zero-order chi connectivity index (χ0) is 37.4. The minimum absolute atomic E-state index is 0.0170. The molecular weight excluding hydrogens is 689 g/mol. The van der Waals surface area contributed by atoms with Gasteiger partial charge in [-0.25, -0.2) is 22.0 Å². The van der Waals surface area contributed by atoms with Gasteiger partial charge in [-0.15, -0.1) is 0 Å². The fourth-order valence-corrected chi connectivity index (χ4v) is 7.86. The Morgan fingerprint density at radius 3 is 2.27 bits per heavy atom. The van der Waals surface area contributed by atoms with Crippen LogP contribution in [0.15, 0.2) is 30.5 Å².